The molecule has 0 spiro atoms. The maximum atomic E-state index is 12.1. The van der Waals surface area contributed by atoms with Gasteiger partial charge < -0.3 is 14.4 Å². The fourth-order valence-electron chi connectivity index (χ4n) is 5.34. The molecule has 0 bridgehead atoms. The second-order valence-electron chi connectivity index (χ2n) is 8.61. The van der Waals surface area contributed by atoms with Gasteiger partial charge in [0.25, 0.3) is 0 Å². The summed E-state index contributed by atoms with van der Waals surface area (Å²) in [7, 11) is 5.78. The van der Waals surface area contributed by atoms with Crippen LogP contribution in [0.1, 0.15) is 35.2 Å². The van der Waals surface area contributed by atoms with Crippen molar-refractivity contribution in [1.82, 2.24) is 14.7 Å². The minimum Gasteiger partial charge on any atom is -0.465 e. The Morgan fingerprint density at radius 3 is 2.79 bits per heavy atom. The molecule has 1 saturated carbocycles. The summed E-state index contributed by atoms with van der Waals surface area (Å²) >= 11 is 0. The lowest BCUT2D eigenvalue weighted by Crippen LogP contribution is -2.49. The zero-order valence-corrected chi connectivity index (χ0v) is 17.4. The molecule has 0 radical (unpaired) electrons. The van der Waals surface area contributed by atoms with E-state index >= 15 is 0 Å². The van der Waals surface area contributed by atoms with Crippen LogP contribution in [0.5, 0.6) is 0 Å². The van der Waals surface area contributed by atoms with Gasteiger partial charge in [0, 0.05) is 31.7 Å². The Morgan fingerprint density at radius 2 is 2.07 bits per heavy atom. The Bertz CT molecular complexity index is 704. The molecule has 0 N–H and O–H groups in total. The molecular weight excluding hydrogens is 354 g/mol. The van der Waals surface area contributed by atoms with Crippen molar-refractivity contribution >= 4 is 5.97 Å². The van der Waals surface area contributed by atoms with E-state index in [-0.39, 0.29) is 11.5 Å². The molecule has 3 fully saturated rings. The van der Waals surface area contributed by atoms with Gasteiger partial charge in [0.2, 0.25) is 0 Å². The van der Waals surface area contributed by atoms with Gasteiger partial charge in [-0.15, -0.1) is 0 Å². The highest BCUT2D eigenvalue weighted by molar-refractivity contribution is 5.89. The third-order valence-corrected chi connectivity index (χ3v) is 6.65. The molecule has 2 saturated heterocycles. The number of likely N-dealkylation sites (N-methyl/N-ethyl adjacent to an activating group) is 1. The molecule has 28 heavy (non-hydrogen) atoms. The van der Waals surface area contributed by atoms with E-state index in [1.54, 1.807) is 0 Å². The van der Waals surface area contributed by atoms with E-state index in [0.717, 1.165) is 39.3 Å². The minimum absolute atomic E-state index is 0.0112. The van der Waals surface area contributed by atoms with Gasteiger partial charge in [0.1, 0.15) is 0 Å². The molecule has 4 rings (SSSR count). The Morgan fingerprint density at radius 1 is 1.29 bits per heavy atom. The van der Waals surface area contributed by atoms with Crippen LogP contribution in [0.15, 0.2) is 24.3 Å². The molecule has 6 nitrogen and oxygen atoms in total. The van der Waals surface area contributed by atoms with Gasteiger partial charge in [0.05, 0.1) is 31.4 Å². The van der Waals surface area contributed by atoms with Crippen molar-refractivity contribution in [3.63, 3.8) is 0 Å². The summed E-state index contributed by atoms with van der Waals surface area (Å²) in [4.78, 5) is 19.8. The minimum atomic E-state index is -0.261. The normalized spacial score (nSPS) is 31.3. The zero-order valence-electron chi connectivity index (χ0n) is 17.4. The molecule has 3 aliphatic rings. The number of nitrogens with zero attached hydrogens (tertiary/aromatic N) is 3. The summed E-state index contributed by atoms with van der Waals surface area (Å²) in [6.07, 6.45) is 3.67. The van der Waals surface area contributed by atoms with Gasteiger partial charge in [-0.05, 0) is 57.6 Å². The van der Waals surface area contributed by atoms with Crippen molar-refractivity contribution in [3.8, 4) is 0 Å². The van der Waals surface area contributed by atoms with Crippen molar-refractivity contribution in [1.29, 1.82) is 0 Å². The third-order valence-electron chi connectivity index (χ3n) is 6.65. The first-order valence-electron chi connectivity index (χ1n) is 10.5. The number of hydrogen-bond donors (Lipinski definition) is 0. The van der Waals surface area contributed by atoms with Crippen molar-refractivity contribution in [2.24, 2.45) is 0 Å². The lowest BCUT2D eigenvalue weighted by Gasteiger charge is -2.39. The topological polar surface area (TPSA) is 45.2 Å². The van der Waals surface area contributed by atoms with Gasteiger partial charge in [-0.2, -0.15) is 0 Å². The van der Waals surface area contributed by atoms with Gasteiger partial charge in [-0.25, -0.2) is 4.79 Å². The average Bonchev–Trinajstić information content (AvgIpc) is 3.32. The monoisotopic (exact) mass is 387 g/mol. The largest absolute Gasteiger partial charge is 0.465 e. The lowest BCUT2D eigenvalue weighted by molar-refractivity contribution is -0.00148. The van der Waals surface area contributed by atoms with E-state index in [2.05, 4.69) is 40.9 Å². The number of hydrogen-bond acceptors (Lipinski definition) is 6. The van der Waals surface area contributed by atoms with Crippen LogP contribution in [0.4, 0.5) is 0 Å². The second kappa shape index (κ2) is 8.11. The fraction of sp³-hybridized carbons (Fsp3) is 0.682. The number of carbonyl (C=O) groups is 1. The number of benzene rings is 1. The van der Waals surface area contributed by atoms with Crippen molar-refractivity contribution in [2.45, 2.75) is 36.9 Å². The van der Waals surface area contributed by atoms with Gasteiger partial charge in [-0.1, -0.05) is 12.1 Å². The van der Waals surface area contributed by atoms with Crippen LogP contribution in [0.2, 0.25) is 0 Å². The van der Waals surface area contributed by atoms with E-state index in [4.69, 9.17) is 9.47 Å². The predicted octanol–water partition coefficient (Wildman–Crippen LogP) is 1.80. The average molecular weight is 388 g/mol. The van der Waals surface area contributed by atoms with Gasteiger partial charge in [0.15, 0.2) is 0 Å². The van der Waals surface area contributed by atoms with E-state index in [9.17, 15) is 4.79 Å². The molecule has 3 unspecified atom stereocenters. The van der Waals surface area contributed by atoms with E-state index in [1.807, 2.05) is 12.1 Å². The molecule has 0 amide bonds. The summed E-state index contributed by atoms with van der Waals surface area (Å²) in [5.74, 6) is -0.261. The van der Waals surface area contributed by atoms with Crippen molar-refractivity contribution < 1.29 is 14.3 Å². The summed E-state index contributed by atoms with van der Waals surface area (Å²) in [5, 5.41) is 0. The summed E-state index contributed by atoms with van der Waals surface area (Å²) in [5.41, 5.74) is 1.88. The maximum Gasteiger partial charge on any atom is 0.337 e. The van der Waals surface area contributed by atoms with Crippen LogP contribution >= 0.6 is 0 Å². The number of esters is 1. The molecule has 2 heterocycles. The molecule has 2 aliphatic heterocycles. The van der Waals surface area contributed by atoms with Crippen LogP contribution in [0.3, 0.4) is 0 Å². The van der Waals surface area contributed by atoms with Crippen LogP contribution in [-0.4, -0.2) is 93.4 Å². The quantitative estimate of drug-likeness (QED) is 0.694. The maximum absolute atomic E-state index is 12.1. The SMILES string of the molecule is COC(=O)c1cccc(C2(N3CCOCC3)CC2N2CCCC2CN(C)C)c1. The van der Waals surface area contributed by atoms with Crippen LogP contribution < -0.4 is 0 Å². The van der Waals surface area contributed by atoms with Crippen molar-refractivity contribution in [2.75, 3.05) is 60.6 Å². The Labute approximate surface area is 168 Å². The number of carbonyl (C=O) groups excluding carboxylic acids is 1. The number of rotatable bonds is 6. The molecular formula is C22H33N3O3. The van der Waals surface area contributed by atoms with Gasteiger partial charge in [-0.3, -0.25) is 9.80 Å². The summed E-state index contributed by atoms with van der Waals surface area (Å²) in [6.45, 7) is 5.75. The highest BCUT2D eigenvalue weighted by atomic mass is 16.5. The van der Waals surface area contributed by atoms with Gasteiger partial charge >= 0.3 is 5.97 Å². The molecule has 154 valence electrons. The third kappa shape index (κ3) is 3.59. The first-order chi connectivity index (χ1) is 13.6. The Hall–Kier alpha value is -1.47. The highest BCUT2D eigenvalue weighted by Gasteiger charge is 2.63. The van der Waals surface area contributed by atoms with Crippen molar-refractivity contribution in [3.05, 3.63) is 35.4 Å². The smallest absolute Gasteiger partial charge is 0.337 e. The fourth-order valence-corrected chi connectivity index (χ4v) is 5.34. The first-order valence-corrected chi connectivity index (χ1v) is 10.5. The number of methoxy groups -OCH3 is 1. The zero-order chi connectivity index (χ0) is 19.7. The second-order valence-corrected chi connectivity index (χ2v) is 8.61. The number of ether oxygens (including phenoxy) is 2. The molecule has 0 aromatic heterocycles. The molecule has 1 aromatic rings. The molecule has 1 aliphatic carbocycles. The van der Waals surface area contributed by atoms with E-state index in [1.165, 1.54) is 32.1 Å². The predicted molar refractivity (Wildman–Crippen MR) is 109 cm³/mol. The number of morpholine rings is 1. The van der Waals surface area contributed by atoms with Crippen LogP contribution in [0, 0.1) is 0 Å². The molecule has 3 atom stereocenters. The van der Waals surface area contributed by atoms with Crippen LogP contribution in [-0.2, 0) is 15.0 Å². The Balaban J connectivity index is 1.65. The standard InChI is InChI=1S/C22H33N3O3/c1-23(2)16-19-8-5-9-25(19)20-15-22(20,24-10-12-28-13-11-24)18-7-4-6-17(14-18)21(26)27-3/h4,6-7,14,19-20H,5,8-13,15-16H2,1-3H3. The molecule has 6 heteroatoms. The molecule has 1 aromatic carbocycles. The Kier molecular flexibility index (Phi) is 5.74. The van der Waals surface area contributed by atoms with Crippen LogP contribution in [0.25, 0.3) is 0 Å². The first kappa shape index (κ1) is 19.8. The summed E-state index contributed by atoms with van der Waals surface area (Å²) in [6, 6.07) is 9.22. The lowest BCUT2D eigenvalue weighted by atomic mass is 9.98. The highest BCUT2D eigenvalue weighted by Crippen LogP contribution is 2.55. The summed E-state index contributed by atoms with van der Waals surface area (Å²) < 4.78 is 10.6. The number of likely N-dealkylation sites (tertiary alicyclic amines) is 1. The van der Waals surface area contributed by atoms with E-state index in [0.29, 0.717) is 17.6 Å². The van der Waals surface area contributed by atoms with E-state index < -0.39 is 0 Å².